The molecule has 0 amide bonds. The molecule has 0 atom stereocenters. The van der Waals surface area contributed by atoms with Crippen LogP contribution in [-0.2, 0) is 23.0 Å². The summed E-state index contributed by atoms with van der Waals surface area (Å²) in [5.74, 6) is 3.33. The fourth-order valence-electron chi connectivity index (χ4n) is 4.68. The van der Waals surface area contributed by atoms with Gasteiger partial charge < -0.3 is 14.5 Å². The molecule has 0 radical (unpaired) electrons. The van der Waals surface area contributed by atoms with E-state index in [4.69, 9.17) is 9.15 Å². The number of furan rings is 1. The fraction of sp³-hybridized carbons (Fsp3) is 0.200. The van der Waals surface area contributed by atoms with E-state index in [2.05, 4.69) is 52.0 Å². The SMILES string of the molecule is O=S1(=O)CCN(Cc2ccc(-c3ccc4ncnc(Nc5ccc(OCc6cccc(Br)c6)c(Br)c5)c4c3)o2)CC1. The predicted octanol–water partition coefficient (Wildman–Crippen LogP) is 6.97. The van der Waals surface area contributed by atoms with Crippen LogP contribution in [0.4, 0.5) is 11.5 Å². The number of fused-ring (bicyclic) bond motifs is 1. The Kier molecular flexibility index (Phi) is 8.12. The molecule has 0 unspecified atom stereocenters. The van der Waals surface area contributed by atoms with Gasteiger partial charge in [-0.2, -0.15) is 0 Å². The maximum Gasteiger partial charge on any atom is 0.152 e. The van der Waals surface area contributed by atoms with Gasteiger partial charge in [0.25, 0.3) is 0 Å². The monoisotopic (exact) mass is 696 g/mol. The Morgan fingerprint density at radius 1 is 0.951 bits per heavy atom. The minimum atomic E-state index is -2.91. The normalized spacial score (nSPS) is 15.2. The van der Waals surface area contributed by atoms with Crippen LogP contribution in [0.15, 0.2) is 92.5 Å². The van der Waals surface area contributed by atoms with Crippen molar-refractivity contribution < 1.29 is 17.6 Å². The highest BCUT2D eigenvalue weighted by Gasteiger charge is 2.22. The van der Waals surface area contributed by atoms with Crippen LogP contribution in [0.25, 0.3) is 22.2 Å². The first-order chi connectivity index (χ1) is 19.8. The maximum atomic E-state index is 11.7. The maximum absolute atomic E-state index is 11.7. The van der Waals surface area contributed by atoms with Gasteiger partial charge in [0, 0.05) is 34.2 Å². The number of nitrogens with one attached hydrogen (secondary N) is 1. The zero-order valence-corrected chi connectivity index (χ0v) is 25.9. The van der Waals surface area contributed by atoms with Crippen LogP contribution in [-0.4, -0.2) is 47.9 Å². The summed E-state index contributed by atoms with van der Waals surface area (Å²) in [5.41, 5.74) is 3.63. The molecule has 6 rings (SSSR count). The number of aromatic nitrogens is 2. The van der Waals surface area contributed by atoms with Crippen LogP contribution in [0.2, 0.25) is 0 Å². The number of sulfone groups is 1. The van der Waals surface area contributed by atoms with Gasteiger partial charge in [0.2, 0.25) is 0 Å². The van der Waals surface area contributed by atoms with Gasteiger partial charge >= 0.3 is 0 Å². The summed E-state index contributed by atoms with van der Waals surface area (Å²) in [6, 6.07) is 23.7. The molecule has 210 valence electrons. The summed E-state index contributed by atoms with van der Waals surface area (Å²) in [7, 11) is -2.91. The van der Waals surface area contributed by atoms with Crippen molar-refractivity contribution in [1.82, 2.24) is 14.9 Å². The lowest BCUT2D eigenvalue weighted by Gasteiger charge is -2.25. The summed E-state index contributed by atoms with van der Waals surface area (Å²) in [6.07, 6.45) is 1.54. The molecule has 8 nitrogen and oxygen atoms in total. The average Bonchev–Trinajstić information content (AvgIpc) is 3.42. The Morgan fingerprint density at radius 2 is 1.80 bits per heavy atom. The Balaban J connectivity index is 1.17. The van der Waals surface area contributed by atoms with E-state index in [1.165, 1.54) is 0 Å². The van der Waals surface area contributed by atoms with E-state index in [9.17, 15) is 8.42 Å². The zero-order valence-electron chi connectivity index (χ0n) is 21.9. The molecular formula is C30H26Br2N4O4S. The van der Waals surface area contributed by atoms with Crippen LogP contribution < -0.4 is 10.1 Å². The van der Waals surface area contributed by atoms with E-state index in [-0.39, 0.29) is 11.5 Å². The van der Waals surface area contributed by atoms with Crippen molar-refractivity contribution in [2.75, 3.05) is 29.9 Å². The summed E-state index contributed by atoms with van der Waals surface area (Å²) >= 11 is 7.12. The molecule has 0 aliphatic carbocycles. The molecule has 3 heterocycles. The first-order valence-electron chi connectivity index (χ1n) is 13.0. The summed E-state index contributed by atoms with van der Waals surface area (Å²) < 4.78 is 37.5. The van der Waals surface area contributed by atoms with Crippen LogP contribution in [0, 0.1) is 0 Å². The van der Waals surface area contributed by atoms with Gasteiger partial charge in [-0.25, -0.2) is 18.4 Å². The summed E-state index contributed by atoms with van der Waals surface area (Å²) in [4.78, 5) is 11.0. The topological polar surface area (TPSA) is 97.6 Å². The minimum Gasteiger partial charge on any atom is -0.488 e. The highest BCUT2D eigenvalue weighted by atomic mass is 79.9. The van der Waals surface area contributed by atoms with Crippen molar-refractivity contribution in [2.24, 2.45) is 0 Å². The number of hydrogen-bond donors (Lipinski definition) is 1. The Morgan fingerprint density at radius 3 is 2.61 bits per heavy atom. The lowest BCUT2D eigenvalue weighted by Crippen LogP contribution is -2.39. The van der Waals surface area contributed by atoms with Crippen molar-refractivity contribution >= 4 is 64.1 Å². The predicted molar refractivity (Wildman–Crippen MR) is 167 cm³/mol. The molecule has 0 bridgehead atoms. The smallest absolute Gasteiger partial charge is 0.152 e. The molecule has 2 aromatic heterocycles. The molecule has 11 heteroatoms. The van der Waals surface area contributed by atoms with Gasteiger partial charge in [-0.3, -0.25) is 4.90 Å². The molecule has 1 N–H and O–H groups in total. The molecule has 1 aliphatic heterocycles. The van der Waals surface area contributed by atoms with Gasteiger partial charge in [0.05, 0.1) is 28.0 Å². The van der Waals surface area contributed by atoms with Crippen molar-refractivity contribution in [3.63, 3.8) is 0 Å². The van der Waals surface area contributed by atoms with E-state index in [1.807, 2.05) is 72.8 Å². The Bertz CT molecular complexity index is 1810. The molecule has 0 saturated carbocycles. The van der Waals surface area contributed by atoms with Crippen molar-refractivity contribution in [3.05, 3.63) is 99.4 Å². The fourth-order valence-corrected chi connectivity index (χ4v) is 6.89. The van der Waals surface area contributed by atoms with Gasteiger partial charge in [0.15, 0.2) is 9.84 Å². The van der Waals surface area contributed by atoms with Crippen molar-refractivity contribution in [3.8, 4) is 17.1 Å². The van der Waals surface area contributed by atoms with Gasteiger partial charge in [0.1, 0.15) is 36.0 Å². The summed E-state index contributed by atoms with van der Waals surface area (Å²) in [6.45, 7) is 2.08. The lowest BCUT2D eigenvalue weighted by molar-refractivity contribution is 0.263. The van der Waals surface area contributed by atoms with Crippen LogP contribution >= 0.6 is 31.9 Å². The number of hydrogen-bond acceptors (Lipinski definition) is 8. The Hall–Kier alpha value is -3.25. The standard InChI is InChI=1S/C30H26Br2N4O4S/c31-22-3-1-2-20(14-22)18-39-29-8-5-23(16-26(29)32)35-30-25-15-21(4-7-27(25)33-19-34-30)28-9-6-24(40-28)17-36-10-12-41(37,38)13-11-36/h1-9,14-16,19H,10-13,17-18H2,(H,33,34,35). The molecule has 0 spiro atoms. The molecule has 1 aliphatic rings. The molecule has 3 aromatic carbocycles. The van der Waals surface area contributed by atoms with E-state index in [0.29, 0.717) is 32.1 Å². The van der Waals surface area contributed by atoms with Crippen LogP contribution in [0.3, 0.4) is 0 Å². The number of halogens is 2. The van der Waals surface area contributed by atoms with Crippen LogP contribution in [0.5, 0.6) is 5.75 Å². The highest BCUT2D eigenvalue weighted by molar-refractivity contribution is 9.10. The number of rotatable bonds is 8. The molecule has 41 heavy (non-hydrogen) atoms. The van der Waals surface area contributed by atoms with Crippen LogP contribution in [0.1, 0.15) is 11.3 Å². The second-order valence-corrected chi connectivity index (χ2v) is 13.9. The van der Waals surface area contributed by atoms with Gasteiger partial charge in [-0.1, -0.05) is 28.1 Å². The zero-order chi connectivity index (χ0) is 28.4. The van der Waals surface area contributed by atoms with Gasteiger partial charge in [-0.05, 0) is 82.2 Å². The molecule has 1 saturated heterocycles. The van der Waals surface area contributed by atoms with E-state index >= 15 is 0 Å². The van der Waals surface area contributed by atoms with Crippen molar-refractivity contribution in [2.45, 2.75) is 13.2 Å². The first-order valence-corrected chi connectivity index (χ1v) is 16.4. The average molecular weight is 698 g/mol. The number of benzene rings is 3. The van der Waals surface area contributed by atoms with Crippen molar-refractivity contribution in [1.29, 1.82) is 0 Å². The highest BCUT2D eigenvalue weighted by Crippen LogP contribution is 2.33. The number of anilines is 2. The molecular weight excluding hydrogens is 672 g/mol. The first kappa shape index (κ1) is 27.9. The lowest BCUT2D eigenvalue weighted by atomic mass is 10.1. The van der Waals surface area contributed by atoms with E-state index < -0.39 is 9.84 Å². The number of nitrogens with zero attached hydrogens (tertiary/aromatic N) is 3. The molecule has 5 aromatic rings. The third-order valence-corrected chi connectivity index (χ3v) is 9.60. The largest absolute Gasteiger partial charge is 0.488 e. The van der Waals surface area contributed by atoms with E-state index in [1.54, 1.807) is 6.33 Å². The van der Waals surface area contributed by atoms with Gasteiger partial charge in [-0.15, -0.1) is 0 Å². The third-order valence-electron chi connectivity index (χ3n) is 6.88. The number of ether oxygens (including phenoxy) is 1. The minimum absolute atomic E-state index is 0.194. The molecule has 1 fully saturated rings. The Labute approximate surface area is 254 Å². The second-order valence-electron chi connectivity index (χ2n) is 9.84. The van der Waals surface area contributed by atoms with E-state index in [0.717, 1.165) is 53.9 Å². The summed E-state index contributed by atoms with van der Waals surface area (Å²) in [5, 5.41) is 4.27. The second kappa shape index (κ2) is 11.9. The third kappa shape index (κ3) is 6.81. The quantitative estimate of drug-likeness (QED) is 0.186.